The van der Waals surface area contributed by atoms with Gasteiger partial charge in [-0.15, -0.1) is 0 Å². The minimum Gasteiger partial charge on any atom is -0.382 e. The average Bonchev–Trinajstić information content (AvgIpc) is 2.98. The van der Waals surface area contributed by atoms with Gasteiger partial charge in [0.25, 0.3) is 0 Å². The molecule has 1 heterocycles. The number of aliphatic hydroxyl groups excluding tert-OH is 1. The molecule has 1 N–H and O–H groups in total. The van der Waals surface area contributed by atoms with Gasteiger partial charge in [-0.1, -0.05) is 48.5 Å². The summed E-state index contributed by atoms with van der Waals surface area (Å²) in [6, 6.07) is 19.0. The Morgan fingerprint density at radius 1 is 0.895 bits per heavy atom. The molecule has 0 aliphatic rings. The minimum atomic E-state index is -0.751. The van der Waals surface area contributed by atoms with Gasteiger partial charge in [0, 0.05) is 0 Å². The van der Waals surface area contributed by atoms with Crippen LogP contribution in [0.15, 0.2) is 66.9 Å². The molecule has 2 aromatic carbocycles. The van der Waals surface area contributed by atoms with E-state index in [4.69, 9.17) is 0 Å². The Morgan fingerprint density at radius 3 is 2.21 bits per heavy atom. The van der Waals surface area contributed by atoms with E-state index in [2.05, 4.69) is 10.2 Å². The molecule has 3 aromatic rings. The van der Waals surface area contributed by atoms with E-state index in [0.717, 1.165) is 11.3 Å². The standard InChI is InChI=1S/C15H13N3O/c19-15(12-7-3-1-4-8-12)14-11-16-18(17-14)13-9-5-2-6-10-13/h1-11,15,19H. The van der Waals surface area contributed by atoms with Gasteiger partial charge in [-0.3, -0.25) is 0 Å². The maximum Gasteiger partial charge on any atom is 0.124 e. The molecule has 3 rings (SSSR count). The molecular formula is C15H13N3O. The van der Waals surface area contributed by atoms with Gasteiger partial charge in [0.15, 0.2) is 0 Å². The number of nitrogens with zero attached hydrogens (tertiary/aromatic N) is 3. The van der Waals surface area contributed by atoms with Crippen LogP contribution in [-0.2, 0) is 0 Å². The van der Waals surface area contributed by atoms with Crippen LogP contribution in [0.1, 0.15) is 17.4 Å². The van der Waals surface area contributed by atoms with Crippen molar-refractivity contribution in [3.05, 3.63) is 78.1 Å². The van der Waals surface area contributed by atoms with Crippen LogP contribution in [-0.4, -0.2) is 20.1 Å². The van der Waals surface area contributed by atoms with E-state index < -0.39 is 6.10 Å². The van der Waals surface area contributed by atoms with Gasteiger partial charge in [0.2, 0.25) is 0 Å². The summed E-state index contributed by atoms with van der Waals surface area (Å²) < 4.78 is 0. The smallest absolute Gasteiger partial charge is 0.124 e. The Hall–Kier alpha value is -2.46. The largest absolute Gasteiger partial charge is 0.382 e. The summed E-state index contributed by atoms with van der Waals surface area (Å²) in [6.45, 7) is 0. The second kappa shape index (κ2) is 5.04. The van der Waals surface area contributed by atoms with Gasteiger partial charge in [-0.05, 0) is 17.7 Å². The van der Waals surface area contributed by atoms with Gasteiger partial charge in [0.05, 0.1) is 11.9 Å². The Morgan fingerprint density at radius 2 is 1.53 bits per heavy atom. The summed E-state index contributed by atoms with van der Waals surface area (Å²) >= 11 is 0. The highest BCUT2D eigenvalue weighted by atomic mass is 16.3. The van der Waals surface area contributed by atoms with Crippen molar-refractivity contribution in [1.82, 2.24) is 15.0 Å². The van der Waals surface area contributed by atoms with E-state index in [1.807, 2.05) is 60.7 Å². The van der Waals surface area contributed by atoms with Gasteiger partial charge in [-0.25, -0.2) is 0 Å². The summed E-state index contributed by atoms with van der Waals surface area (Å²) in [7, 11) is 0. The summed E-state index contributed by atoms with van der Waals surface area (Å²) in [6.07, 6.45) is 0.837. The third-order valence-electron chi connectivity index (χ3n) is 2.89. The van der Waals surface area contributed by atoms with Crippen LogP contribution >= 0.6 is 0 Å². The number of aliphatic hydroxyl groups is 1. The lowest BCUT2D eigenvalue weighted by Gasteiger charge is -2.06. The van der Waals surface area contributed by atoms with Crippen molar-refractivity contribution in [3.8, 4) is 5.69 Å². The maximum atomic E-state index is 10.2. The Kier molecular flexibility index (Phi) is 3.08. The molecule has 0 bridgehead atoms. The molecule has 0 radical (unpaired) electrons. The van der Waals surface area contributed by atoms with E-state index in [9.17, 15) is 5.11 Å². The number of benzene rings is 2. The lowest BCUT2D eigenvalue weighted by molar-refractivity contribution is 0.214. The van der Waals surface area contributed by atoms with Crippen LogP contribution in [0.25, 0.3) is 5.69 Å². The Balaban J connectivity index is 1.90. The highest BCUT2D eigenvalue weighted by Gasteiger charge is 2.14. The summed E-state index contributed by atoms with van der Waals surface area (Å²) in [4.78, 5) is 1.52. The molecule has 94 valence electrons. The van der Waals surface area contributed by atoms with E-state index >= 15 is 0 Å². The van der Waals surface area contributed by atoms with Crippen molar-refractivity contribution in [2.24, 2.45) is 0 Å². The fourth-order valence-electron chi connectivity index (χ4n) is 1.89. The first-order valence-electron chi connectivity index (χ1n) is 6.05. The van der Waals surface area contributed by atoms with Crippen LogP contribution in [0.3, 0.4) is 0 Å². The van der Waals surface area contributed by atoms with Crippen molar-refractivity contribution < 1.29 is 5.11 Å². The topological polar surface area (TPSA) is 50.9 Å². The molecule has 0 saturated carbocycles. The van der Waals surface area contributed by atoms with Crippen LogP contribution in [0.4, 0.5) is 0 Å². The van der Waals surface area contributed by atoms with Gasteiger partial charge in [-0.2, -0.15) is 15.0 Å². The molecule has 4 heteroatoms. The van der Waals surface area contributed by atoms with Gasteiger partial charge >= 0.3 is 0 Å². The normalized spacial score (nSPS) is 12.3. The van der Waals surface area contributed by atoms with Crippen molar-refractivity contribution >= 4 is 0 Å². The van der Waals surface area contributed by atoms with Gasteiger partial charge in [0.1, 0.15) is 11.8 Å². The lowest BCUT2D eigenvalue weighted by atomic mass is 10.1. The van der Waals surface area contributed by atoms with Crippen LogP contribution in [0.5, 0.6) is 0 Å². The molecule has 0 amide bonds. The molecule has 0 aliphatic heterocycles. The third kappa shape index (κ3) is 2.39. The number of aromatic nitrogens is 3. The third-order valence-corrected chi connectivity index (χ3v) is 2.89. The monoisotopic (exact) mass is 251 g/mol. The maximum absolute atomic E-state index is 10.2. The van der Waals surface area contributed by atoms with Crippen molar-refractivity contribution in [2.75, 3.05) is 0 Å². The van der Waals surface area contributed by atoms with E-state index in [-0.39, 0.29) is 0 Å². The molecule has 4 nitrogen and oxygen atoms in total. The molecule has 0 aliphatic carbocycles. The Labute approximate surface area is 111 Å². The van der Waals surface area contributed by atoms with Crippen LogP contribution < -0.4 is 0 Å². The molecule has 0 spiro atoms. The second-order valence-corrected chi connectivity index (χ2v) is 4.21. The van der Waals surface area contributed by atoms with Crippen molar-refractivity contribution in [1.29, 1.82) is 0 Å². The summed E-state index contributed by atoms with van der Waals surface area (Å²) in [5.74, 6) is 0. The van der Waals surface area contributed by atoms with Crippen LogP contribution in [0.2, 0.25) is 0 Å². The molecule has 0 fully saturated rings. The summed E-state index contributed by atoms with van der Waals surface area (Å²) in [5, 5.41) is 18.7. The predicted octanol–water partition coefficient (Wildman–Crippen LogP) is 2.35. The number of rotatable bonds is 3. The Bertz CT molecular complexity index is 649. The zero-order valence-electron chi connectivity index (χ0n) is 10.2. The molecule has 0 saturated heterocycles. The molecule has 1 aromatic heterocycles. The van der Waals surface area contributed by atoms with E-state index in [1.165, 1.54) is 4.80 Å². The second-order valence-electron chi connectivity index (χ2n) is 4.21. The first-order chi connectivity index (χ1) is 9.34. The van der Waals surface area contributed by atoms with Gasteiger partial charge < -0.3 is 5.11 Å². The van der Waals surface area contributed by atoms with Crippen molar-refractivity contribution in [2.45, 2.75) is 6.10 Å². The van der Waals surface area contributed by atoms with E-state index in [1.54, 1.807) is 6.20 Å². The number of para-hydroxylation sites is 1. The quantitative estimate of drug-likeness (QED) is 0.777. The highest BCUT2D eigenvalue weighted by molar-refractivity contribution is 5.29. The highest BCUT2D eigenvalue weighted by Crippen LogP contribution is 2.19. The zero-order chi connectivity index (χ0) is 13.1. The fourth-order valence-corrected chi connectivity index (χ4v) is 1.89. The molecular weight excluding hydrogens is 238 g/mol. The van der Waals surface area contributed by atoms with Crippen molar-refractivity contribution in [3.63, 3.8) is 0 Å². The fraction of sp³-hybridized carbons (Fsp3) is 0.0667. The number of hydrogen-bond donors (Lipinski definition) is 1. The SMILES string of the molecule is OC(c1ccccc1)c1cnn(-c2ccccc2)n1. The zero-order valence-corrected chi connectivity index (χ0v) is 10.2. The number of hydrogen-bond acceptors (Lipinski definition) is 3. The minimum absolute atomic E-state index is 0.537. The first kappa shape index (κ1) is 11.6. The average molecular weight is 251 g/mol. The predicted molar refractivity (Wildman–Crippen MR) is 71.9 cm³/mol. The lowest BCUT2D eigenvalue weighted by Crippen LogP contribution is -2.03. The molecule has 19 heavy (non-hydrogen) atoms. The van der Waals surface area contributed by atoms with E-state index in [0.29, 0.717) is 5.69 Å². The summed E-state index contributed by atoms with van der Waals surface area (Å²) in [5.41, 5.74) is 2.21. The molecule has 1 atom stereocenters. The van der Waals surface area contributed by atoms with Crippen LogP contribution in [0, 0.1) is 0 Å². The molecule has 1 unspecified atom stereocenters. The first-order valence-corrected chi connectivity index (χ1v) is 6.05.